The number of benzene rings is 1. The second-order valence-electron chi connectivity index (χ2n) is 7.53. The highest BCUT2D eigenvalue weighted by molar-refractivity contribution is 7.93. The Morgan fingerprint density at radius 1 is 1.00 bits per heavy atom. The Labute approximate surface area is 150 Å². The van der Waals surface area contributed by atoms with Gasteiger partial charge in [-0.15, -0.1) is 0 Å². The maximum atomic E-state index is 13.2. The van der Waals surface area contributed by atoms with Crippen LogP contribution in [0.5, 0.6) is 0 Å². The van der Waals surface area contributed by atoms with E-state index in [0.717, 1.165) is 25.7 Å². The lowest BCUT2D eigenvalue weighted by molar-refractivity contribution is 0.0614. The third kappa shape index (κ3) is 3.41. The van der Waals surface area contributed by atoms with Gasteiger partial charge in [-0.3, -0.25) is 9.10 Å². The van der Waals surface area contributed by atoms with Crippen molar-refractivity contribution in [3.63, 3.8) is 0 Å². The van der Waals surface area contributed by atoms with E-state index in [0.29, 0.717) is 36.3 Å². The molecule has 0 aromatic heterocycles. The fourth-order valence-corrected chi connectivity index (χ4v) is 5.77. The predicted octanol–water partition coefficient (Wildman–Crippen LogP) is 3.16. The topological polar surface area (TPSA) is 57.7 Å². The first-order valence-corrected chi connectivity index (χ1v) is 11.1. The van der Waals surface area contributed by atoms with Crippen LogP contribution in [0.2, 0.25) is 0 Å². The van der Waals surface area contributed by atoms with Crippen LogP contribution in [0.15, 0.2) is 24.3 Å². The zero-order chi connectivity index (χ0) is 17.4. The summed E-state index contributed by atoms with van der Waals surface area (Å²) in [6.45, 7) is 0.509. The van der Waals surface area contributed by atoms with Crippen LogP contribution in [0.1, 0.15) is 61.7 Å². The number of rotatable bonds is 4. The Morgan fingerprint density at radius 3 is 2.36 bits per heavy atom. The average Bonchev–Trinajstić information content (AvgIpc) is 3.38. The van der Waals surface area contributed by atoms with Crippen LogP contribution in [0, 0.1) is 0 Å². The summed E-state index contributed by atoms with van der Waals surface area (Å²) in [5, 5.41) is 0. The van der Waals surface area contributed by atoms with E-state index in [2.05, 4.69) is 4.90 Å². The van der Waals surface area contributed by atoms with Crippen molar-refractivity contribution in [3.8, 4) is 0 Å². The predicted molar refractivity (Wildman–Crippen MR) is 98.3 cm³/mol. The lowest BCUT2D eigenvalue weighted by Crippen LogP contribution is -2.43. The van der Waals surface area contributed by atoms with Crippen molar-refractivity contribution in [1.82, 2.24) is 4.90 Å². The Balaban J connectivity index is 1.60. The average molecular weight is 362 g/mol. The van der Waals surface area contributed by atoms with Crippen LogP contribution in [0.4, 0.5) is 5.69 Å². The molecule has 4 rings (SSSR count). The van der Waals surface area contributed by atoms with Crippen LogP contribution >= 0.6 is 0 Å². The van der Waals surface area contributed by atoms with E-state index in [9.17, 15) is 13.2 Å². The number of hydrogen-bond acceptors (Lipinski definition) is 3. The van der Waals surface area contributed by atoms with Gasteiger partial charge in [-0.1, -0.05) is 25.3 Å². The van der Waals surface area contributed by atoms with Gasteiger partial charge in [0.2, 0.25) is 10.0 Å². The van der Waals surface area contributed by atoms with Crippen molar-refractivity contribution in [3.05, 3.63) is 29.8 Å². The number of anilines is 1. The Bertz CT molecular complexity index is 752. The van der Waals surface area contributed by atoms with Crippen molar-refractivity contribution >= 4 is 21.6 Å². The van der Waals surface area contributed by atoms with E-state index in [-0.39, 0.29) is 11.7 Å². The van der Waals surface area contributed by atoms with Crippen LogP contribution < -0.4 is 4.31 Å². The van der Waals surface area contributed by atoms with Gasteiger partial charge in [-0.2, -0.15) is 0 Å². The number of amides is 1. The first-order chi connectivity index (χ1) is 12.1. The third-order valence-corrected chi connectivity index (χ3v) is 7.49. The van der Waals surface area contributed by atoms with Gasteiger partial charge in [0.15, 0.2) is 0 Å². The molecule has 6 heteroatoms. The zero-order valence-corrected chi connectivity index (χ0v) is 15.4. The van der Waals surface area contributed by atoms with Crippen molar-refractivity contribution in [2.45, 2.75) is 63.5 Å². The van der Waals surface area contributed by atoms with Crippen LogP contribution in [0.25, 0.3) is 0 Å². The largest absolute Gasteiger partial charge is 0.333 e. The number of carbonyl (C=O) groups is 1. The second kappa shape index (κ2) is 6.63. The van der Waals surface area contributed by atoms with Crippen LogP contribution in [0.3, 0.4) is 0 Å². The highest BCUT2D eigenvalue weighted by Gasteiger charge is 2.38. The summed E-state index contributed by atoms with van der Waals surface area (Å²) in [5.74, 6) is 0.273. The van der Waals surface area contributed by atoms with E-state index in [1.807, 2.05) is 12.1 Å². The smallest absolute Gasteiger partial charge is 0.254 e. The quantitative estimate of drug-likeness (QED) is 0.827. The zero-order valence-electron chi connectivity index (χ0n) is 14.6. The summed E-state index contributed by atoms with van der Waals surface area (Å²) >= 11 is 0. The van der Waals surface area contributed by atoms with Gasteiger partial charge in [0.05, 0.1) is 11.4 Å². The minimum Gasteiger partial charge on any atom is -0.333 e. The highest BCUT2D eigenvalue weighted by Crippen LogP contribution is 2.35. The molecule has 3 aliphatic rings. The maximum Gasteiger partial charge on any atom is 0.254 e. The molecule has 0 unspecified atom stereocenters. The molecule has 0 N–H and O–H groups in total. The molecule has 1 amide bonds. The molecule has 0 atom stereocenters. The van der Waals surface area contributed by atoms with E-state index in [1.165, 1.54) is 23.6 Å². The Hall–Kier alpha value is -1.56. The minimum absolute atomic E-state index is 0.0767. The molecule has 136 valence electrons. The van der Waals surface area contributed by atoms with Crippen LogP contribution in [-0.4, -0.2) is 43.6 Å². The van der Waals surface area contributed by atoms with E-state index in [4.69, 9.17) is 0 Å². The molecule has 3 fully saturated rings. The lowest BCUT2D eigenvalue weighted by Gasteiger charge is -2.35. The van der Waals surface area contributed by atoms with Crippen molar-refractivity contribution in [1.29, 1.82) is 0 Å². The number of sulfonamides is 1. The van der Waals surface area contributed by atoms with Crippen molar-refractivity contribution in [2.24, 2.45) is 0 Å². The molecule has 1 heterocycles. The molecule has 1 saturated heterocycles. The molecular weight excluding hydrogens is 336 g/mol. The molecule has 1 aromatic carbocycles. The normalized spacial score (nSPS) is 23.6. The van der Waals surface area contributed by atoms with E-state index < -0.39 is 10.0 Å². The molecule has 0 bridgehead atoms. The summed E-state index contributed by atoms with van der Waals surface area (Å²) in [4.78, 5) is 15.3. The molecule has 25 heavy (non-hydrogen) atoms. The summed E-state index contributed by atoms with van der Waals surface area (Å²) in [6, 6.07) is 7.93. The molecule has 2 saturated carbocycles. The van der Waals surface area contributed by atoms with E-state index >= 15 is 0 Å². The Morgan fingerprint density at radius 2 is 1.72 bits per heavy atom. The third-order valence-electron chi connectivity index (χ3n) is 5.62. The molecule has 5 nitrogen and oxygen atoms in total. The van der Waals surface area contributed by atoms with Gasteiger partial charge in [0.25, 0.3) is 5.91 Å². The van der Waals surface area contributed by atoms with Gasteiger partial charge in [0, 0.05) is 24.2 Å². The molecule has 1 aromatic rings. The van der Waals surface area contributed by atoms with Crippen molar-refractivity contribution < 1.29 is 13.2 Å². The van der Waals surface area contributed by atoms with Gasteiger partial charge >= 0.3 is 0 Å². The molecule has 1 aliphatic heterocycles. The fourth-order valence-electron chi connectivity index (χ4n) is 4.21. The fraction of sp³-hybridized carbons (Fsp3) is 0.632. The second-order valence-corrected chi connectivity index (χ2v) is 9.54. The maximum absolute atomic E-state index is 13.2. The molecule has 2 aliphatic carbocycles. The van der Waals surface area contributed by atoms with Crippen LogP contribution in [-0.2, 0) is 10.0 Å². The molecular formula is C19H26N2O3S. The SMILES string of the molecule is O=C(c1cccc(N2CCCS2(=O)=O)c1)N(C1CCCCC1)C1CC1. The first kappa shape index (κ1) is 16.9. The summed E-state index contributed by atoms with van der Waals surface area (Å²) in [7, 11) is -3.22. The highest BCUT2D eigenvalue weighted by atomic mass is 32.2. The minimum atomic E-state index is -3.22. The molecule has 0 spiro atoms. The Kier molecular flexibility index (Phi) is 4.48. The summed E-state index contributed by atoms with van der Waals surface area (Å²) < 4.78 is 25.8. The van der Waals surface area contributed by atoms with Gasteiger partial charge in [-0.25, -0.2) is 8.42 Å². The molecule has 0 radical (unpaired) electrons. The number of carbonyl (C=O) groups excluding carboxylic acids is 1. The van der Waals surface area contributed by atoms with E-state index in [1.54, 1.807) is 12.1 Å². The summed E-state index contributed by atoms with van der Waals surface area (Å²) in [5.41, 5.74) is 1.25. The lowest BCUT2D eigenvalue weighted by atomic mass is 9.93. The van der Waals surface area contributed by atoms with Gasteiger partial charge < -0.3 is 4.90 Å². The number of nitrogens with zero attached hydrogens (tertiary/aromatic N) is 2. The van der Waals surface area contributed by atoms with Gasteiger partial charge in [0.1, 0.15) is 0 Å². The number of hydrogen-bond donors (Lipinski definition) is 0. The summed E-state index contributed by atoms with van der Waals surface area (Å²) in [6.07, 6.45) is 8.72. The first-order valence-electron chi connectivity index (χ1n) is 9.49. The van der Waals surface area contributed by atoms with Crippen molar-refractivity contribution in [2.75, 3.05) is 16.6 Å². The monoisotopic (exact) mass is 362 g/mol. The standard InChI is InChI=1S/C19H26N2O3S/c22-19(21(17-10-11-17)16-7-2-1-3-8-16)15-6-4-9-18(14-15)20-12-5-13-25(20,23)24/h4,6,9,14,16-17H,1-3,5,7-8,10-13H2. The van der Waals surface area contributed by atoms with Gasteiger partial charge in [-0.05, 0) is 50.3 Å².